The summed E-state index contributed by atoms with van der Waals surface area (Å²) in [6.45, 7) is 3.20. The average molecular weight is 275 g/mol. The summed E-state index contributed by atoms with van der Waals surface area (Å²) < 4.78 is 18.6. The predicted molar refractivity (Wildman–Crippen MR) is 74.6 cm³/mol. The Hall–Kier alpha value is -1.72. The maximum absolute atomic E-state index is 13.3. The minimum Gasteiger partial charge on any atom is -0.381 e. The van der Waals surface area contributed by atoms with Crippen LogP contribution in [0.2, 0.25) is 0 Å². The van der Waals surface area contributed by atoms with Gasteiger partial charge in [0.15, 0.2) is 0 Å². The molecular formula is C15H18FN3O. The molecule has 106 valence electrons. The molecule has 4 nitrogen and oxygen atoms in total. The van der Waals surface area contributed by atoms with E-state index < -0.39 is 0 Å². The zero-order valence-electron chi connectivity index (χ0n) is 11.4. The van der Waals surface area contributed by atoms with Gasteiger partial charge in [0.1, 0.15) is 11.6 Å². The van der Waals surface area contributed by atoms with Crippen LogP contribution in [0.5, 0.6) is 0 Å². The van der Waals surface area contributed by atoms with E-state index in [9.17, 15) is 4.39 Å². The van der Waals surface area contributed by atoms with E-state index in [0.717, 1.165) is 30.1 Å². The number of nitrogens with zero attached hydrogens (tertiary/aromatic N) is 1. The summed E-state index contributed by atoms with van der Waals surface area (Å²) in [5.41, 5.74) is 8.60. The lowest BCUT2D eigenvalue weighted by atomic mass is 9.99. The third-order valence-electron chi connectivity index (χ3n) is 3.85. The molecule has 1 saturated heterocycles. The van der Waals surface area contributed by atoms with Gasteiger partial charge in [-0.2, -0.15) is 0 Å². The molecule has 3 rings (SSSR count). The molecule has 0 amide bonds. The number of aromatic nitrogens is 2. The van der Waals surface area contributed by atoms with Crippen molar-refractivity contribution in [1.29, 1.82) is 0 Å². The first-order valence-corrected chi connectivity index (χ1v) is 6.80. The standard InChI is InChI=1S/C15H18FN3O/c1-9-6-10(2-3-12(9)16)13-7-18-15(19-13)14(17)11-4-5-20-8-11/h2-3,6-7,11,14H,4-5,8,17H2,1H3,(H,18,19). The van der Waals surface area contributed by atoms with Gasteiger partial charge in [-0.25, -0.2) is 9.37 Å². The number of hydrogen-bond donors (Lipinski definition) is 2. The smallest absolute Gasteiger partial charge is 0.126 e. The zero-order valence-corrected chi connectivity index (χ0v) is 11.4. The summed E-state index contributed by atoms with van der Waals surface area (Å²) in [6.07, 6.45) is 2.71. The lowest BCUT2D eigenvalue weighted by Crippen LogP contribution is -2.22. The first-order valence-electron chi connectivity index (χ1n) is 6.80. The number of halogens is 1. The SMILES string of the molecule is Cc1cc(-c2cnc(C(N)C3CCOC3)[nH]2)ccc1F. The zero-order chi connectivity index (χ0) is 14.1. The minimum absolute atomic E-state index is 0.146. The number of benzene rings is 1. The van der Waals surface area contributed by atoms with E-state index in [0.29, 0.717) is 18.1 Å². The normalized spacial score (nSPS) is 20.2. The summed E-state index contributed by atoms with van der Waals surface area (Å²) in [4.78, 5) is 7.60. The Balaban J connectivity index is 1.83. The lowest BCUT2D eigenvalue weighted by molar-refractivity contribution is 0.180. The van der Waals surface area contributed by atoms with Gasteiger partial charge in [-0.05, 0) is 37.1 Å². The molecule has 5 heteroatoms. The molecule has 1 aliphatic rings. The summed E-state index contributed by atoms with van der Waals surface area (Å²) in [5, 5.41) is 0. The van der Waals surface area contributed by atoms with Crippen LogP contribution >= 0.6 is 0 Å². The van der Waals surface area contributed by atoms with Gasteiger partial charge in [0.05, 0.1) is 24.5 Å². The van der Waals surface area contributed by atoms with Gasteiger partial charge in [-0.3, -0.25) is 0 Å². The predicted octanol–water partition coefficient (Wildman–Crippen LogP) is 2.56. The van der Waals surface area contributed by atoms with Crippen molar-refractivity contribution < 1.29 is 9.13 Å². The average Bonchev–Trinajstić information content (AvgIpc) is 3.11. The highest BCUT2D eigenvalue weighted by Crippen LogP contribution is 2.27. The van der Waals surface area contributed by atoms with Gasteiger partial charge in [0.2, 0.25) is 0 Å². The maximum Gasteiger partial charge on any atom is 0.126 e. The molecule has 2 aromatic rings. The highest BCUT2D eigenvalue weighted by Gasteiger charge is 2.26. The van der Waals surface area contributed by atoms with Crippen LogP contribution in [-0.4, -0.2) is 23.2 Å². The largest absolute Gasteiger partial charge is 0.381 e. The van der Waals surface area contributed by atoms with E-state index in [1.165, 1.54) is 6.07 Å². The number of H-pyrrole nitrogens is 1. The molecule has 0 aliphatic carbocycles. The quantitative estimate of drug-likeness (QED) is 0.905. The number of imidazole rings is 1. The van der Waals surface area contributed by atoms with E-state index in [-0.39, 0.29) is 11.9 Å². The fourth-order valence-electron chi connectivity index (χ4n) is 2.52. The molecule has 3 N–H and O–H groups in total. The summed E-state index contributed by atoms with van der Waals surface area (Å²) in [7, 11) is 0. The van der Waals surface area contributed by atoms with Gasteiger partial charge in [-0.15, -0.1) is 0 Å². The van der Waals surface area contributed by atoms with Crippen LogP contribution in [0, 0.1) is 18.7 Å². The second kappa shape index (κ2) is 5.34. The second-order valence-electron chi connectivity index (χ2n) is 5.30. The molecule has 1 aromatic heterocycles. The number of aryl methyl sites for hydroxylation is 1. The Labute approximate surface area is 117 Å². The van der Waals surface area contributed by atoms with Crippen molar-refractivity contribution in [3.8, 4) is 11.3 Å². The van der Waals surface area contributed by atoms with Crippen LogP contribution in [0.4, 0.5) is 4.39 Å². The molecule has 0 radical (unpaired) electrons. The monoisotopic (exact) mass is 275 g/mol. The molecule has 2 heterocycles. The molecule has 0 bridgehead atoms. The molecular weight excluding hydrogens is 257 g/mol. The summed E-state index contributed by atoms with van der Waals surface area (Å²) >= 11 is 0. The molecule has 0 spiro atoms. The van der Waals surface area contributed by atoms with Crippen LogP contribution in [0.15, 0.2) is 24.4 Å². The third kappa shape index (κ3) is 2.46. The van der Waals surface area contributed by atoms with Crippen molar-refractivity contribution in [3.05, 3.63) is 41.6 Å². The Bertz CT molecular complexity index is 605. The van der Waals surface area contributed by atoms with Gasteiger partial charge < -0.3 is 15.5 Å². The van der Waals surface area contributed by atoms with Crippen molar-refractivity contribution in [2.45, 2.75) is 19.4 Å². The van der Waals surface area contributed by atoms with Crippen molar-refractivity contribution in [2.75, 3.05) is 13.2 Å². The number of nitrogens with two attached hydrogens (primary N) is 1. The summed E-state index contributed by atoms with van der Waals surface area (Å²) in [6, 6.07) is 4.86. The van der Waals surface area contributed by atoms with E-state index in [2.05, 4.69) is 9.97 Å². The Kier molecular flexibility index (Phi) is 3.54. The van der Waals surface area contributed by atoms with Crippen LogP contribution in [0.1, 0.15) is 23.9 Å². The van der Waals surface area contributed by atoms with Crippen molar-refractivity contribution in [1.82, 2.24) is 9.97 Å². The fraction of sp³-hybridized carbons (Fsp3) is 0.400. The van der Waals surface area contributed by atoms with Crippen LogP contribution in [0.25, 0.3) is 11.3 Å². The summed E-state index contributed by atoms with van der Waals surface area (Å²) in [5.74, 6) is 0.870. The molecule has 1 aliphatic heterocycles. The van der Waals surface area contributed by atoms with Gasteiger partial charge in [0, 0.05) is 18.1 Å². The highest BCUT2D eigenvalue weighted by atomic mass is 19.1. The number of ether oxygens (including phenoxy) is 1. The maximum atomic E-state index is 13.3. The van der Waals surface area contributed by atoms with Crippen molar-refractivity contribution in [2.24, 2.45) is 11.7 Å². The molecule has 2 unspecified atom stereocenters. The van der Waals surface area contributed by atoms with Crippen LogP contribution < -0.4 is 5.73 Å². The Morgan fingerprint density at radius 3 is 3.05 bits per heavy atom. The van der Waals surface area contributed by atoms with Crippen molar-refractivity contribution >= 4 is 0 Å². The number of nitrogens with one attached hydrogen (secondary N) is 1. The highest BCUT2D eigenvalue weighted by molar-refractivity contribution is 5.59. The number of hydrogen-bond acceptors (Lipinski definition) is 3. The van der Waals surface area contributed by atoms with E-state index in [1.807, 2.05) is 0 Å². The van der Waals surface area contributed by atoms with E-state index in [4.69, 9.17) is 10.5 Å². The third-order valence-corrected chi connectivity index (χ3v) is 3.85. The van der Waals surface area contributed by atoms with Gasteiger partial charge >= 0.3 is 0 Å². The molecule has 2 atom stereocenters. The second-order valence-corrected chi connectivity index (χ2v) is 5.30. The number of rotatable bonds is 3. The van der Waals surface area contributed by atoms with Crippen LogP contribution in [-0.2, 0) is 4.74 Å². The number of aromatic amines is 1. The molecule has 1 aromatic carbocycles. The first kappa shape index (κ1) is 13.3. The molecule has 0 saturated carbocycles. The lowest BCUT2D eigenvalue weighted by Gasteiger charge is -2.14. The van der Waals surface area contributed by atoms with Gasteiger partial charge in [-0.1, -0.05) is 0 Å². The van der Waals surface area contributed by atoms with E-state index in [1.54, 1.807) is 25.3 Å². The van der Waals surface area contributed by atoms with Gasteiger partial charge in [0.25, 0.3) is 0 Å². The fourth-order valence-corrected chi connectivity index (χ4v) is 2.52. The Morgan fingerprint density at radius 1 is 1.50 bits per heavy atom. The minimum atomic E-state index is -0.201. The topological polar surface area (TPSA) is 63.9 Å². The van der Waals surface area contributed by atoms with Crippen LogP contribution in [0.3, 0.4) is 0 Å². The molecule has 1 fully saturated rings. The van der Waals surface area contributed by atoms with Crippen molar-refractivity contribution in [3.63, 3.8) is 0 Å². The Morgan fingerprint density at radius 2 is 2.35 bits per heavy atom. The van der Waals surface area contributed by atoms with E-state index >= 15 is 0 Å². The first-order chi connectivity index (χ1) is 9.65. The molecule has 20 heavy (non-hydrogen) atoms.